The smallest absolute Gasteiger partial charge is 0.315 e. The summed E-state index contributed by atoms with van der Waals surface area (Å²) in [6.45, 7) is 3.19. The van der Waals surface area contributed by atoms with E-state index in [2.05, 4.69) is 10.6 Å². The molecule has 0 aromatic carbocycles. The predicted octanol–water partition coefficient (Wildman–Crippen LogP) is 0.364. The molecule has 116 valence electrons. The fraction of sp³-hybridized carbons (Fsp3) is 0.833. The second-order valence-corrected chi connectivity index (χ2v) is 7.78. The molecule has 1 aliphatic rings. The van der Waals surface area contributed by atoms with Gasteiger partial charge < -0.3 is 15.7 Å². The van der Waals surface area contributed by atoms with Gasteiger partial charge in [-0.15, -0.1) is 0 Å². The van der Waals surface area contributed by atoms with Crippen LogP contribution in [-0.2, 0) is 14.6 Å². The molecule has 1 saturated carbocycles. The summed E-state index contributed by atoms with van der Waals surface area (Å²) in [6.07, 6.45) is 1.89. The molecule has 1 fully saturated rings. The van der Waals surface area contributed by atoms with Crippen molar-refractivity contribution in [3.05, 3.63) is 0 Å². The topological polar surface area (TPSA) is 113 Å². The molecular weight excluding hydrogens is 284 g/mol. The maximum atomic E-state index is 11.7. The van der Waals surface area contributed by atoms with Crippen LogP contribution in [0.2, 0.25) is 0 Å². The summed E-state index contributed by atoms with van der Waals surface area (Å²) < 4.78 is 22.5. The molecule has 0 saturated heterocycles. The quantitative estimate of drug-likeness (QED) is 0.656. The number of sulfone groups is 1. The molecule has 2 atom stereocenters. The molecular formula is C12H22N2O5S. The molecule has 0 spiro atoms. The van der Waals surface area contributed by atoms with Gasteiger partial charge in [0.05, 0.1) is 11.2 Å². The normalized spacial score (nSPS) is 26.2. The summed E-state index contributed by atoms with van der Waals surface area (Å²) in [5.74, 6) is -0.998. The van der Waals surface area contributed by atoms with Crippen molar-refractivity contribution < 1.29 is 23.1 Å². The third-order valence-electron chi connectivity index (χ3n) is 3.89. The Hall–Kier alpha value is -1.31. The highest BCUT2D eigenvalue weighted by Gasteiger charge is 2.45. The van der Waals surface area contributed by atoms with Crippen molar-refractivity contribution in [2.45, 2.75) is 39.2 Å². The van der Waals surface area contributed by atoms with Crippen LogP contribution in [0.25, 0.3) is 0 Å². The fourth-order valence-electron chi connectivity index (χ4n) is 2.33. The zero-order valence-corrected chi connectivity index (χ0v) is 12.6. The van der Waals surface area contributed by atoms with E-state index in [0.29, 0.717) is 12.8 Å². The van der Waals surface area contributed by atoms with Crippen LogP contribution in [0.3, 0.4) is 0 Å². The molecule has 2 unspecified atom stereocenters. The van der Waals surface area contributed by atoms with Gasteiger partial charge >= 0.3 is 12.0 Å². The lowest BCUT2D eigenvalue weighted by Gasteiger charge is -2.27. The van der Waals surface area contributed by atoms with E-state index < -0.39 is 33.3 Å². The van der Waals surface area contributed by atoms with Crippen LogP contribution in [0.5, 0.6) is 0 Å². The van der Waals surface area contributed by atoms with E-state index in [1.54, 1.807) is 13.8 Å². The molecule has 0 heterocycles. The highest BCUT2D eigenvalue weighted by atomic mass is 32.2. The third kappa shape index (κ3) is 4.09. The molecule has 20 heavy (non-hydrogen) atoms. The summed E-state index contributed by atoms with van der Waals surface area (Å²) in [6, 6.07) is -0.946. The minimum absolute atomic E-state index is 0.0263. The average Bonchev–Trinajstić information content (AvgIpc) is 2.72. The largest absolute Gasteiger partial charge is 0.481 e. The van der Waals surface area contributed by atoms with E-state index in [-0.39, 0.29) is 18.1 Å². The van der Waals surface area contributed by atoms with E-state index in [9.17, 15) is 23.1 Å². The second kappa shape index (κ2) is 6.43. The molecule has 3 N–H and O–H groups in total. The molecule has 7 nitrogen and oxygen atoms in total. The van der Waals surface area contributed by atoms with Gasteiger partial charge in [-0.3, -0.25) is 4.79 Å². The van der Waals surface area contributed by atoms with Gasteiger partial charge in [0, 0.05) is 18.3 Å². The number of hydrogen-bond acceptors (Lipinski definition) is 4. The fourth-order valence-corrected chi connectivity index (χ4v) is 3.03. The predicted molar refractivity (Wildman–Crippen MR) is 74.2 cm³/mol. The first kappa shape index (κ1) is 16.7. The van der Waals surface area contributed by atoms with Gasteiger partial charge in [0.15, 0.2) is 9.84 Å². The number of carboxylic acid groups (broad SMARTS) is 1. The highest BCUT2D eigenvalue weighted by Crippen LogP contribution is 2.38. The number of carbonyl (C=O) groups is 2. The zero-order valence-electron chi connectivity index (χ0n) is 11.8. The van der Waals surface area contributed by atoms with Gasteiger partial charge in [0.1, 0.15) is 0 Å². The maximum Gasteiger partial charge on any atom is 0.315 e. The van der Waals surface area contributed by atoms with Crippen molar-refractivity contribution in [3.63, 3.8) is 0 Å². The second-order valence-electron chi connectivity index (χ2n) is 5.30. The van der Waals surface area contributed by atoms with Crippen molar-refractivity contribution >= 4 is 21.8 Å². The lowest BCUT2D eigenvalue weighted by molar-refractivity contribution is -0.148. The monoisotopic (exact) mass is 306 g/mol. The lowest BCUT2D eigenvalue weighted by atomic mass is 9.85. The van der Waals surface area contributed by atoms with Gasteiger partial charge in [-0.05, 0) is 19.8 Å². The number of carboxylic acids is 1. The molecule has 0 radical (unpaired) electrons. The molecule has 1 rings (SSSR count). The van der Waals surface area contributed by atoms with Gasteiger partial charge in [-0.1, -0.05) is 13.3 Å². The first-order valence-corrected chi connectivity index (χ1v) is 8.51. The van der Waals surface area contributed by atoms with Crippen LogP contribution in [-0.4, -0.2) is 49.6 Å². The van der Waals surface area contributed by atoms with Crippen molar-refractivity contribution in [1.29, 1.82) is 0 Å². The molecule has 0 aromatic rings. The number of aliphatic carboxylic acids is 1. The van der Waals surface area contributed by atoms with Crippen LogP contribution in [0.4, 0.5) is 4.79 Å². The third-order valence-corrected chi connectivity index (χ3v) is 5.60. The van der Waals surface area contributed by atoms with Crippen LogP contribution < -0.4 is 10.6 Å². The zero-order chi connectivity index (χ0) is 15.4. The number of nitrogens with one attached hydrogen (secondary N) is 2. The Morgan fingerprint density at radius 1 is 1.40 bits per heavy atom. The number of carbonyl (C=O) groups excluding carboxylic acids is 1. The van der Waals surface area contributed by atoms with E-state index in [1.165, 1.54) is 0 Å². The Morgan fingerprint density at radius 2 is 2.05 bits per heavy atom. The maximum absolute atomic E-state index is 11.7. The number of urea groups is 1. The van der Waals surface area contributed by atoms with E-state index in [1.807, 2.05) is 0 Å². The molecule has 8 heteroatoms. The van der Waals surface area contributed by atoms with Crippen molar-refractivity contribution in [3.8, 4) is 0 Å². The Bertz CT molecular complexity index is 476. The van der Waals surface area contributed by atoms with E-state index >= 15 is 0 Å². The first-order chi connectivity index (χ1) is 9.21. The molecule has 1 aliphatic carbocycles. The van der Waals surface area contributed by atoms with E-state index in [0.717, 1.165) is 6.42 Å². The SMILES string of the molecule is CCS(=O)(=O)CCNC(=O)NC1CCCC1(C)C(=O)O. The summed E-state index contributed by atoms with van der Waals surface area (Å²) in [5, 5.41) is 14.3. The molecule has 2 amide bonds. The standard InChI is InChI=1S/C12H22N2O5S/c1-3-20(18,19)8-7-13-11(17)14-9-5-4-6-12(9,2)10(15)16/h9H,3-8H2,1-2H3,(H,15,16)(H2,13,14,17). The van der Waals surface area contributed by atoms with Crippen molar-refractivity contribution in [2.75, 3.05) is 18.1 Å². The summed E-state index contributed by atoms with van der Waals surface area (Å²) in [5.41, 5.74) is -0.952. The van der Waals surface area contributed by atoms with Gasteiger partial charge in [-0.2, -0.15) is 0 Å². The van der Waals surface area contributed by atoms with E-state index in [4.69, 9.17) is 0 Å². The summed E-state index contributed by atoms with van der Waals surface area (Å²) in [7, 11) is -3.12. The van der Waals surface area contributed by atoms with Crippen molar-refractivity contribution in [1.82, 2.24) is 10.6 Å². The Balaban J connectivity index is 2.45. The minimum Gasteiger partial charge on any atom is -0.481 e. The first-order valence-electron chi connectivity index (χ1n) is 6.69. The Morgan fingerprint density at radius 3 is 2.60 bits per heavy atom. The van der Waals surface area contributed by atoms with Gasteiger partial charge in [-0.25, -0.2) is 13.2 Å². The summed E-state index contributed by atoms with van der Waals surface area (Å²) >= 11 is 0. The highest BCUT2D eigenvalue weighted by molar-refractivity contribution is 7.91. The van der Waals surface area contributed by atoms with Gasteiger partial charge in [0.2, 0.25) is 0 Å². The average molecular weight is 306 g/mol. The van der Waals surface area contributed by atoms with Crippen LogP contribution >= 0.6 is 0 Å². The van der Waals surface area contributed by atoms with Crippen LogP contribution in [0.1, 0.15) is 33.1 Å². The van der Waals surface area contributed by atoms with Crippen LogP contribution in [0.15, 0.2) is 0 Å². The number of rotatable bonds is 6. The number of amides is 2. The van der Waals surface area contributed by atoms with Gasteiger partial charge in [0.25, 0.3) is 0 Å². The minimum atomic E-state index is -3.12. The van der Waals surface area contributed by atoms with Crippen LogP contribution in [0, 0.1) is 5.41 Å². The summed E-state index contributed by atoms with van der Waals surface area (Å²) in [4.78, 5) is 22.9. The lowest BCUT2D eigenvalue weighted by Crippen LogP contribution is -2.50. The molecule has 0 aromatic heterocycles. The Kier molecular flexibility index (Phi) is 5.38. The molecule has 0 bridgehead atoms. The number of hydrogen-bond donors (Lipinski definition) is 3. The molecule has 0 aliphatic heterocycles. The van der Waals surface area contributed by atoms with Crippen molar-refractivity contribution in [2.24, 2.45) is 5.41 Å². The Labute approximate surface area is 119 Å².